The van der Waals surface area contributed by atoms with Crippen molar-refractivity contribution < 1.29 is 40.7 Å². The molecule has 1 aromatic carbocycles. The summed E-state index contributed by atoms with van der Waals surface area (Å²) in [6, 6.07) is -0.392. The molecule has 15 heteroatoms. The number of carbonyl (C=O) groups is 2. The quantitative estimate of drug-likeness (QED) is 0.376. The number of rotatable bonds is 6. The summed E-state index contributed by atoms with van der Waals surface area (Å²) in [5.41, 5.74) is -4.13. The van der Waals surface area contributed by atoms with Gasteiger partial charge in [-0.05, 0) is 38.0 Å². The SMILES string of the molecule is COC(=O)c1cnc(-n2nc(C3CC3)nc2[C@H](C)NC(=O)c2cc(C(F)(F)F)cc(C(F)(F)F)c2)cn1. The van der Waals surface area contributed by atoms with Crippen LogP contribution in [-0.4, -0.2) is 43.7 Å². The van der Waals surface area contributed by atoms with Crippen LogP contribution < -0.4 is 5.32 Å². The molecule has 0 aliphatic heterocycles. The van der Waals surface area contributed by atoms with Crippen molar-refractivity contribution in [3.8, 4) is 5.82 Å². The zero-order valence-corrected chi connectivity index (χ0v) is 19.2. The smallest absolute Gasteiger partial charge is 0.416 e. The molecule has 1 aliphatic carbocycles. The van der Waals surface area contributed by atoms with Crippen LogP contribution in [0.3, 0.4) is 0 Å². The first-order valence-electron chi connectivity index (χ1n) is 10.8. The molecule has 0 bridgehead atoms. The van der Waals surface area contributed by atoms with Crippen molar-refractivity contribution >= 4 is 11.9 Å². The van der Waals surface area contributed by atoms with E-state index in [1.807, 2.05) is 0 Å². The fourth-order valence-corrected chi connectivity index (χ4v) is 3.38. The van der Waals surface area contributed by atoms with Crippen LogP contribution in [-0.2, 0) is 17.1 Å². The molecule has 2 heterocycles. The molecular formula is C22H18F6N6O3. The molecule has 1 N–H and O–H groups in total. The Labute approximate surface area is 204 Å². The minimum Gasteiger partial charge on any atom is -0.464 e. The van der Waals surface area contributed by atoms with Gasteiger partial charge in [0.05, 0.1) is 36.7 Å². The van der Waals surface area contributed by atoms with Crippen molar-refractivity contribution in [2.45, 2.75) is 44.1 Å². The van der Waals surface area contributed by atoms with E-state index in [1.54, 1.807) is 0 Å². The average molecular weight is 528 g/mol. The number of alkyl halides is 6. The van der Waals surface area contributed by atoms with Crippen molar-refractivity contribution in [3.63, 3.8) is 0 Å². The van der Waals surface area contributed by atoms with E-state index in [-0.39, 0.29) is 29.3 Å². The van der Waals surface area contributed by atoms with Crippen molar-refractivity contribution in [2.24, 2.45) is 0 Å². The summed E-state index contributed by atoms with van der Waals surface area (Å²) in [4.78, 5) is 36.8. The molecule has 0 saturated heterocycles. The van der Waals surface area contributed by atoms with Gasteiger partial charge in [0.25, 0.3) is 5.91 Å². The molecule has 3 aromatic rings. The van der Waals surface area contributed by atoms with Crippen molar-refractivity contribution in [1.82, 2.24) is 30.0 Å². The van der Waals surface area contributed by atoms with Crippen molar-refractivity contribution in [1.29, 1.82) is 0 Å². The van der Waals surface area contributed by atoms with Gasteiger partial charge in [-0.3, -0.25) is 4.79 Å². The molecule has 1 fully saturated rings. The van der Waals surface area contributed by atoms with E-state index < -0.39 is 47.0 Å². The maximum atomic E-state index is 13.2. The summed E-state index contributed by atoms with van der Waals surface area (Å²) in [5.74, 6) is -1.20. The molecule has 1 atom stereocenters. The van der Waals surface area contributed by atoms with Gasteiger partial charge in [-0.2, -0.15) is 31.0 Å². The van der Waals surface area contributed by atoms with Gasteiger partial charge in [0.2, 0.25) is 0 Å². The summed E-state index contributed by atoms with van der Waals surface area (Å²) < 4.78 is 84.9. The normalized spacial score (nSPS) is 14.8. The Morgan fingerprint density at radius 2 is 1.65 bits per heavy atom. The number of carbonyl (C=O) groups excluding carboxylic acids is 2. The average Bonchev–Trinajstić information content (AvgIpc) is 3.60. The number of hydrogen-bond donors (Lipinski definition) is 1. The van der Waals surface area contributed by atoms with Gasteiger partial charge in [0.1, 0.15) is 0 Å². The van der Waals surface area contributed by atoms with Gasteiger partial charge in [-0.15, -0.1) is 5.10 Å². The number of methoxy groups -OCH3 is 1. The second-order valence-corrected chi connectivity index (χ2v) is 8.26. The van der Waals surface area contributed by atoms with Crippen LogP contribution in [0.5, 0.6) is 0 Å². The van der Waals surface area contributed by atoms with Crippen LogP contribution in [0.1, 0.15) is 75.3 Å². The molecule has 9 nitrogen and oxygen atoms in total. The van der Waals surface area contributed by atoms with Gasteiger partial charge in [0.15, 0.2) is 23.2 Å². The Balaban J connectivity index is 1.66. The molecule has 37 heavy (non-hydrogen) atoms. The number of nitrogens with one attached hydrogen (secondary N) is 1. The third-order valence-electron chi connectivity index (χ3n) is 5.43. The first-order valence-corrected chi connectivity index (χ1v) is 10.8. The van der Waals surface area contributed by atoms with E-state index in [0.29, 0.717) is 18.0 Å². The maximum absolute atomic E-state index is 13.2. The Hall–Kier alpha value is -4.04. The van der Waals surface area contributed by atoms with E-state index in [2.05, 4.69) is 30.1 Å². The van der Waals surface area contributed by atoms with E-state index in [9.17, 15) is 35.9 Å². The van der Waals surface area contributed by atoms with Crippen LogP contribution in [0.2, 0.25) is 0 Å². The minimum atomic E-state index is -5.10. The first kappa shape index (κ1) is 26.0. The Morgan fingerprint density at radius 1 is 1.03 bits per heavy atom. The van der Waals surface area contributed by atoms with Crippen LogP contribution in [0.4, 0.5) is 26.3 Å². The number of hydrogen-bond acceptors (Lipinski definition) is 7. The molecular weight excluding hydrogens is 510 g/mol. The van der Waals surface area contributed by atoms with E-state index >= 15 is 0 Å². The van der Waals surface area contributed by atoms with Crippen molar-refractivity contribution in [3.05, 3.63) is 64.6 Å². The number of halogens is 6. The largest absolute Gasteiger partial charge is 0.464 e. The predicted octanol–water partition coefficient (Wildman–Crippen LogP) is 4.25. The highest BCUT2D eigenvalue weighted by Gasteiger charge is 2.38. The monoisotopic (exact) mass is 528 g/mol. The molecule has 0 unspecified atom stereocenters. The van der Waals surface area contributed by atoms with Crippen LogP contribution in [0.15, 0.2) is 30.6 Å². The van der Waals surface area contributed by atoms with Crippen LogP contribution >= 0.6 is 0 Å². The van der Waals surface area contributed by atoms with E-state index in [0.717, 1.165) is 19.0 Å². The molecule has 196 valence electrons. The third kappa shape index (κ3) is 5.70. The first-order chi connectivity index (χ1) is 17.3. The molecule has 1 aliphatic rings. The molecule has 1 amide bonds. The van der Waals surface area contributed by atoms with Gasteiger partial charge in [-0.25, -0.2) is 19.7 Å². The lowest BCUT2D eigenvalue weighted by Crippen LogP contribution is -2.29. The molecule has 4 rings (SSSR count). The second kappa shape index (κ2) is 9.44. The highest BCUT2D eigenvalue weighted by molar-refractivity contribution is 5.95. The Bertz CT molecular complexity index is 1300. The zero-order valence-electron chi connectivity index (χ0n) is 19.2. The van der Waals surface area contributed by atoms with E-state index in [4.69, 9.17) is 0 Å². The van der Waals surface area contributed by atoms with Crippen LogP contribution in [0.25, 0.3) is 5.82 Å². The molecule has 1 saturated carbocycles. The Kier molecular flexibility index (Phi) is 6.64. The molecule has 0 spiro atoms. The van der Waals surface area contributed by atoms with Gasteiger partial charge in [0, 0.05) is 11.5 Å². The fraction of sp³-hybridized carbons (Fsp3) is 0.364. The van der Waals surface area contributed by atoms with Gasteiger partial charge in [-0.1, -0.05) is 0 Å². The summed E-state index contributed by atoms with van der Waals surface area (Å²) in [6.45, 7) is 1.43. The summed E-state index contributed by atoms with van der Waals surface area (Å²) in [7, 11) is 1.17. The summed E-state index contributed by atoms with van der Waals surface area (Å²) >= 11 is 0. The van der Waals surface area contributed by atoms with E-state index in [1.165, 1.54) is 24.9 Å². The van der Waals surface area contributed by atoms with Gasteiger partial charge >= 0.3 is 18.3 Å². The number of nitrogens with zero attached hydrogens (tertiary/aromatic N) is 5. The number of esters is 1. The number of aromatic nitrogens is 5. The number of amides is 1. The minimum absolute atomic E-state index is 0.0583. The summed E-state index contributed by atoms with van der Waals surface area (Å²) in [5, 5.41) is 6.74. The van der Waals surface area contributed by atoms with Gasteiger partial charge < -0.3 is 10.1 Å². The number of ether oxygens (including phenoxy) is 1. The van der Waals surface area contributed by atoms with Crippen molar-refractivity contribution in [2.75, 3.05) is 7.11 Å². The maximum Gasteiger partial charge on any atom is 0.416 e. The second-order valence-electron chi connectivity index (χ2n) is 8.26. The fourth-order valence-electron chi connectivity index (χ4n) is 3.38. The number of benzene rings is 1. The lowest BCUT2D eigenvalue weighted by atomic mass is 10.0. The molecule has 2 aromatic heterocycles. The lowest BCUT2D eigenvalue weighted by molar-refractivity contribution is -0.143. The highest BCUT2D eigenvalue weighted by Crippen LogP contribution is 2.39. The lowest BCUT2D eigenvalue weighted by Gasteiger charge is -2.17. The summed E-state index contributed by atoms with van der Waals surface area (Å²) in [6.07, 6.45) is -6.22. The zero-order chi connectivity index (χ0) is 27.1. The van der Waals surface area contributed by atoms with Crippen LogP contribution in [0, 0.1) is 0 Å². The molecule has 0 radical (unpaired) electrons. The topological polar surface area (TPSA) is 112 Å². The standard InChI is InChI=1S/C22H18F6N6O3/c1-10(31-19(35)12-5-13(21(23,24)25)7-14(6-12)22(26,27)28)18-32-17(11-3-4-11)33-34(18)16-9-29-15(8-30-16)20(36)37-2/h5-11H,3-4H2,1-2H3,(H,31,35)/t10-/m0/s1. The Morgan fingerprint density at radius 3 is 2.14 bits per heavy atom. The highest BCUT2D eigenvalue weighted by atomic mass is 19.4. The third-order valence-corrected chi connectivity index (χ3v) is 5.43. The predicted molar refractivity (Wildman–Crippen MR) is 113 cm³/mol.